The molecule has 0 bridgehead atoms. The highest BCUT2D eigenvalue weighted by atomic mass is 16.7. The van der Waals surface area contributed by atoms with Crippen molar-refractivity contribution in [2.75, 3.05) is 13.9 Å². The Morgan fingerprint density at radius 2 is 1.91 bits per heavy atom. The molecular weight excluding hydrogens is 280 g/mol. The Hall–Kier alpha value is -2.59. The van der Waals surface area contributed by atoms with E-state index in [4.69, 9.17) is 9.47 Å². The number of carboxylic acids is 1. The van der Waals surface area contributed by atoms with Crippen LogP contribution in [0.1, 0.15) is 16.7 Å². The molecule has 0 heterocycles. The van der Waals surface area contributed by atoms with Gasteiger partial charge in [-0.2, -0.15) is 0 Å². The van der Waals surface area contributed by atoms with Crippen LogP contribution in [0.25, 0.3) is 5.57 Å². The first-order chi connectivity index (χ1) is 10.6. The van der Waals surface area contributed by atoms with Gasteiger partial charge in [-0.3, -0.25) is 0 Å². The number of carbonyl (C=O) groups is 1. The van der Waals surface area contributed by atoms with Crippen LogP contribution in [-0.4, -0.2) is 25.0 Å². The highest BCUT2D eigenvalue weighted by Gasteiger charge is 2.13. The van der Waals surface area contributed by atoms with Gasteiger partial charge in [0.25, 0.3) is 0 Å². The summed E-state index contributed by atoms with van der Waals surface area (Å²) < 4.78 is 10.5. The standard InChI is InChI=1S/C18H18O4/c1-13-8-9-17(22-12-21-2)16(10-13)15(11-18(19)20)14-6-4-3-5-7-14/h3-11H,12H2,1-2H3,(H,19,20)/b15-11+. The van der Waals surface area contributed by atoms with Gasteiger partial charge in [-0.1, -0.05) is 42.0 Å². The molecule has 0 aliphatic carbocycles. The molecule has 0 radical (unpaired) electrons. The molecule has 0 aliphatic heterocycles. The molecule has 0 amide bonds. The van der Waals surface area contributed by atoms with Crippen molar-refractivity contribution in [3.63, 3.8) is 0 Å². The maximum absolute atomic E-state index is 11.2. The summed E-state index contributed by atoms with van der Waals surface area (Å²) in [7, 11) is 1.54. The van der Waals surface area contributed by atoms with E-state index >= 15 is 0 Å². The molecule has 1 N–H and O–H groups in total. The number of benzene rings is 2. The summed E-state index contributed by atoms with van der Waals surface area (Å²) in [6, 6.07) is 15.0. The van der Waals surface area contributed by atoms with E-state index in [2.05, 4.69) is 0 Å². The second-order valence-electron chi connectivity index (χ2n) is 4.81. The fourth-order valence-electron chi connectivity index (χ4n) is 2.16. The maximum Gasteiger partial charge on any atom is 0.328 e. The monoisotopic (exact) mass is 298 g/mol. The average molecular weight is 298 g/mol. The lowest BCUT2D eigenvalue weighted by Crippen LogP contribution is -2.03. The van der Waals surface area contributed by atoms with E-state index in [0.717, 1.165) is 16.7 Å². The van der Waals surface area contributed by atoms with E-state index in [0.29, 0.717) is 11.3 Å². The van der Waals surface area contributed by atoms with Crippen molar-refractivity contribution in [3.8, 4) is 5.75 Å². The van der Waals surface area contributed by atoms with Gasteiger partial charge >= 0.3 is 5.97 Å². The van der Waals surface area contributed by atoms with Gasteiger partial charge in [0.2, 0.25) is 0 Å². The quantitative estimate of drug-likeness (QED) is 0.655. The number of aliphatic carboxylic acids is 1. The molecule has 0 atom stereocenters. The molecule has 0 saturated carbocycles. The van der Waals surface area contributed by atoms with Crippen molar-refractivity contribution in [2.24, 2.45) is 0 Å². The van der Waals surface area contributed by atoms with Gasteiger partial charge in [0, 0.05) is 18.7 Å². The summed E-state index contributed by atoms with van der Waals surface area (Å²) in [5, 5.41) is 9.20. The topological polar surface area (TPSA) is 55.8 Å². The van der Waals surface area contributed by atoms with Crippen LogP contribution in [0, 0.1) is 6.92 Å². The molecule has 0 fully saturated rings. The first-order valence-electron chi connectivity index (χ1n) is 6.84. The third kappa shape index (κ3) is 3.96. The van der Waals surface area contributed by atoms with Crippen molar-refractivity contribution in [2.45, 2.75) is 6.92 Å². The van der Waals surface area contributed by atoms with Crippen molar-refractivity contribution in [3.05, 3.63) is 71.3 Å². The lowest BCUT2D eigenvalue weighted by atomic mass is 9.95. The Kier molecular flexibility index (Phi) is 5.33. The fourth-order valence-corrected chi connectivity index (χ4v) is 2.16. The molecule has 2 aromatic carbocycles. The van der Waals surface area contributed by atoms with E-state index in [1.54, 1.807) is 7.11 Å². The Balaban J connectivity index is 2.57. The molecule has 22 heavy (non-hydrogen) atoms. The minimum Gasteiger partial charge on any atom is -0.478 e. The zero-order valence-electron chi connectivity index (χ0n) is 12.6. The van der Waals surface area contributed by atoms with Gasteiger partial charge < -0.3 is 14.6 Å². The Morgan fingerprint density at radius 3 is 2.55 bits per heavy atom. The van der Waals surface area contributed by atoms with Gasteiger partial charge in [0.1, 0.15) is 5.75 Å². The fraction of sp³-hybridized carbons (Fsp3) is 0.167. The van der Waals surface area contributed by atoms with Crippen molar-refractivity contribution in [1.29, 1.82) is 0 Å². The van der Waals surface area contributed by atoms with Gasteiger partial charge in [-0.15, -0.1) is 0 Å². The number of aryl methyl sites for hydroxylation is 1. The van der Waals surface area contributed by atoms with Crippen LogP contribution in [0.5, 0.6) is 5.75 Å². The summed E-state index contributed by atoms with van der Waals surface area (Å²) in [6.45, 7) is 2.05. The summed E-state index contributed by atoms with van der Waals surface area (Å²) in [4.78, 5) is 11.2. The molecule has 0 aromatic heterocycles. The molecule has 0 saturated heterocycles. The zero-order chi connectivity index (χ0) is 15.9. The molecule has 0 unspecified atom stereocenters. The number of ether oxygens (including phenoxy) is 2. The Labute approximate surface area is 129 Å². The average Bonchev–Trinajstić information content (AvgIpc) is 2.52. The highest BCUT2D eigenvalue weighted by Crippen LogP contribution is 2.32. The summed E-state index contributed by atoms with van der Waals surface area (Å²) in [6.07, 6.45) is 1.20. The smallest absolute Gasteiger partial charge is 0.328 e. The Bertz CT molecular complexity index is 675. The van der Waals surface area contributed by atoms with Gasteiger partial charge in [-0.25, -0.2) is 4.79 Å². The van der Waals surface area contributed by atoms with Crippen LogP contribution in [0.15, 0.2) is 54.6 Å². The highest BCUT2D eigenvalue weighted by molar-refractivity contribution is 5.96. The van der Waals surface area contributed by atoms with Crippen LogP contribution in [0.3, 0.4) is 0 Å². The van der Waals surface area contributed by atoms with Crippen LogP contribution in [-0.2, 0) is 9.53 Å². The predicted molar refractivity (Wildman–Crippen MR) is 84.8 cm³/mol. The van der Waals surface area contributed by atoms with Crippen LogP contribution < -0.4 is 4.74 Å². The molecule has 114 valence electrons. The molecule has 0 aliphatic rings. The normalized spacial score (nSPS) is 11.3. The van der Waals surface area contributed by atoms with Gasteiger partial charge in [-0.05, 0) is 30.2 Å². The lowest BCUT2D eigenvalue weighted by molar-refractivity contribution is -0.131. The largest absolute Gasteiger partial charge is 0.478 e. The van der Waals surface area contributed by atoms with Crippen LogP contribution in [0.2, 0.25) is 0 Å². The maximum atomic E-state index is 11.2. The van der Waals surface area contributed by atoms with E-state index in [1.807, 2.05) is 55.5 Å². The van der Waals surface area contributed by atoms with Crippen LogP contribution >= 0.6 is 0 Å². The first-order valence-corrected chi connectivity index (χ1v) is 6.84. The second kappa shape index (κ2) is 7.43. The van der Waals surface area contributed by atoms with E-state index < -0.39 is 5.97 Å². The number of rotatable bonds is 6. The summed E-state index contributed by atoms with van der Waals surface area (Å²) >= 11 is 0. The van der Waals surface area contributed by atoms with Gasteiger partial charge in [0.05, 0.1) is 0 Å². The van der Waals surface area contributed by atoms with E-state index in [-0.39, 0.29) is 6.79 Å². The second-order valence-corrected chi connectivity index (χ2v) is 4.81. The summed E-state index contributed by atoms with van der Waals surface area (Å²) in [5.41, 5.74) is 3.17. The first kappa shape index (κ1) is 15.8. The minimum atomic E-state index is -1.00. The number of hydrogen-bond acceptors (Lipinski definition) is 3. The molecule has 0 spiro atoms. The van der Waals surface area contributed by atoms with E-state index in [9.17, 15) is 9.90 Å². The molecular formula is C18H18O4. The molecule has 2 aromatic rings. The van der Waals surface area contributed by atoms with Crippen molar-refractivity contribution < 1.29 is 19.4 Å². The van der Waals surface area contributed by atoms with E-state index in [1.165, 1.54) is 6.08 Å². The van der Waals surface area contributed by atoms with Crippen molar-refractivity contribution >= 4 is 11.5 Å². The minimum absolute atomic E-state index is 0.102. The zero-order valence-corrected chi connectivity index (χ0v) is 12.6. The third-order valence-electron chi connectivity index (χ3n) is 3.11. The summed E-state index contributed by atoms with van der Waals surface area (Å²) in [5.74, 6) is -0.415. The lowest BCUT2D eigenvalue weighted by Gasteiger charge is -2.14. The van der Waals surface area contributed by atoms with Crippen molar-refractivity contribution in [1.82, 2.24) is 0 Å². The predicted octanol–water partition coefficient (Wildman–Crippen LogP) is 3.49. The number of hydrogen-bond donors (Lipinski definition) is 1. The SMILES string of the molecule is COCOc1ccc(C)cc1/C(=C/C(=O)O)c1ccccc1. The van der Waals surface area contributed by atoms with Gasteiger partial charge in [0.15, 0.2) is 6.79 Å². The third-order valence-corrected chi connectivity index (χ3v) is 3.11. The Morgan fingerprint density at radius 1 is 1.18 bits per heavy atom. The van der Waals surface area contributed by atoms with Crippen LogP contribution in [0.4, 0.5) is 0 Å². The molecule has 4 heteroatoms. The molecule has 4 nitrogen and oxygen atoms in total. The number of methoxy groups -OCH3 is 1. The number of carboxylic acid groups (broad SMARTS) is 1. The molecule has 2 rings (SSSR count).